The third kappa shape index (κ3) is 1.41. The molecule has 1 aromatic rings. The number of nitriles is 1. The van der Waals surface area contributed by atoms with Crippen molar-refractivity contribution in [1.29, 1.82) is 5.26 Å². The number of fused-ring (bicyclic) bond motifs is 1. The van der Waals surface area contributed by atoms with Crippen molar-refractivity contribution < 1.29 is 0 Å². The summed E-state index contributed by atoms with van der Waals surface area (Å²) >= 11 is 0. The van der Waals surface area contributed by atoms with E-state index < -0.39 is 0 Å². The number of hydrogen-bond acceptors (Lipinski definition) is 2. The summed E-state index contributed by atoms with van der Waals surface area (Å²) in [5.41, 5.74) is 3.43. The van der Waals surface area contributed by atoms with Gasteiger partial charge < -0.3 is 5.32 Å². The normalized spacial score (nSPS) is 17.3. The van der Waals surface area contributed by atoms with Gasteiger partial charge in [-0.1, -0.05) is 18.2 Å². The lowest BCUT2D eigenvalue weighted by atomic mass is 9.97. The molecule has 2 rings (SSSR count). The fraction of sp³-hybridized carbons (Fsp3) is 0.182. The first-order valence-corrected chi connectivity index (χ1v) is 4.34. The molecule has 0 fully saturated rings. The maximum atomic E-state index is 8.60. The molecule has 0 atom stereocenters. The van der Waals surface area contributed by atoms with E-state index >= 15 is 0 Å². The maximum absolute atomic E-state index is 8.60. The summed E-state index contributed by atoms with van der Waals surface area (Å²) in [6, 6.07) is 10.2. The van der Waals surface area contributed by atoms with Gasteiger partial charge in [-0.2, -0.15) is 5.26 Å². The molecule has 0 amide bonds. The van der Waals surface area contributed by atoms with Crippen LogP contribution in [0.3, 0.4) is 0 Å². The predicted octanol–water partition coefficient (Wildman–Crippen LogP) is 2.41. The number of benzene rings is 1. The molecule has 0 aliphatic carbocycles. The van der Waals surface area contributed by atoms with Crippen LogP contribution in [0.5, 0.6) is 0 Å². The Morgan fingerprint density at radius 3 is 3.08 bits per heavy atom. The number of para-hydroxylation sites is 1. The minimum absolute atomic E-state index is 0.921. The number of hydrogen-bond donors (Lipinski definition) is 1. The van der Waals surface area contributed by atoms with Gasteiger partial charge in [-0.3, -0.25) is 0 Å². The van der Waals surface area contributed by atoms with Crippen molar-refractivity contribution in [1.82, 2.24) is 0 Å². The van der Waals surface area contributed by atoms with Crippen molar-refractivity contribution in [2.45, 2.75) is 6.42 Å². The molecule has 0 bridgehead atoms. The van der Waals surface area contributed by atoms with E-state index in [9.17, 15) is 0 Å². The Morgan fingerprint density at radius 2 is 2.23 bits per heavy atom. The summed E-state index contributed by atoms with van der Waals surface area (Å²) in [5, 5.41) is 11.9. The summed E-state index contributed by atoms with van der Waals surface area (Å²) in [5.74, 6) is 0. The molecule has 0 saturated heterocycles. The molecule has 1 aliphatic rings. The summed E-state index contributed by atoms with van der Waals surface area (Å²) in [4.78, 5) is 0. The average Bonchev–Trinajstić information content (AvgIpc) is 2.19. The van der Waals surface area contributed by atoms with E-state index in [0.717, 1.165) is 29.8 Å². The highest BCUT2D eigenvalue weighted by molar-refractivity contribution is 5.79. The van der Waals surface area contributed by atoms with Crippen molar-refractivity contribution in [3.05, 3.63) is 35.9 Å². The molecule has 2 heteroatoms. The minimum Gasteiger partial charge on any atom is -0.384 e. The Kier molecular flexibility index (Phi) is 2.01. The molecular weight excluding hydrogens is 160 g/mol. The van der Waals surface area contributed by atoms with Crippen LogP contribution in [0.1, 0.15) is 12.0 Å². The van der Waals surface area contributed by atoms with Crippen LogP contribution in [-0.4, -0.2) is 6.54 Å². The second kappa shape index (κ2) is 3.32. The molecule has 0 unspecified atom stereocenters. The quantitative estimate of drug-likeness (QED) is 0.607. The van der Waals surface area contributed by atoms with Crippen LogP contribution in [0.2, 0.25) is 0 Å². The van der Waals surface area contributed by atoms with Crippen molar-refractivity contribution in [2.24, 2.45) is 0 Å². The molecule has 2 nitrogen and oxygen atoms in total. The highest BCUT2D eigenvalue weighted by Gasteiger charge is 2.11. The lowest BCUT2D eigenvalue weighted by Crippen LogP contribution is -2.10. The molecule has 64 valence electrons. The van der Waals surface area contributed by atoms with E-state index in [1.165, 1.54) is 0 Å². The van der Waals surface area contributed by atoms with E-state index in [2.05, 4.69) is 11.4 Å². The zero-order valence-electron chi connectivity index (χ0n) is 7.25. The van der Waals surface area contributed by atoms with Crippen LogP contribution in [0, 0.1) is 11.3 Å². The second-order valence-electron chi connectivity index (χ2n) is 3.02. The van der Waals surface area contributed by atoms with Gasteiger partial charge in [0, 0.05) is 23.9 Å². The summed E-state index contributed by atoms with van der Waals surface area (Å²) < 4.78 is 0. The topological polar surface area (TPSA) is 35.8 Å². The van der Waals surface area contributed by atoms with E-state index in [1.54, 1.807) is 6.08 Å². The number of nitrogens with one attached hydrogen (secondary N) is 1. The number of anilines is 1. The molecule has 1 N–H and O–H groups in total. The lowest BCUT2D eigenvalue weighted by molar-refractivity contribution is 1.05. The first-order valence-electron chi connectivity index (χ1n) is 4.34. The third-order valence-electron chi connectivity index (χ3n) is 2.22. The van der Waals surface area contributed by atoms with Gasteiger partial charge in [-0.15, -0.1) is 0 Å². The fourth-order valence-electron chi connectivity index (χ4n) is 1.61. The van der Waals surface area contributed by atoms with Crippen LogP contribution in [0.25, 0.3) is 5.57 Å². The van der Waals surface area contributed by atoms with Crippen molar-refractivity contribution in [3.63, 3.8) is 0 Å². The molecule has 0 spiro atoms. The van der Waals surface area contributed by atoms with E-state index in [1.807, 2.05) is 24.3 Å². The number of nitrogens with zero attached hydrogens (tertiary/aromatic N) is 1. The molecule has 13 heavy (non-hydrogen) atoms. The zero-order valence-corrected chi connectivity index (χ0v) is 7.25. The summed E-state index contributed by atoms with van der Waals surface area (Å²) in [7, 11) is 0. The maximum Gasteiger partial charge on any atom is 0.0915 e. The summed E-state index contributed by atoms with van der Waals surface area (Å²) in [6.45, 7) is 0.921. The Bertz CT molecular complexity index is 385. The van der Waals surface area contributed by atoms with Crippen LogP contribution in [0.4, 0.5) is 5.69 Å². The SMILES string of the molecule is N#CC=C1CCNc2ccccc21. The summed E-state index contributed by atoms with van der Waals surface area (Å²) in [6.07, 6.45) is 2.57. The van der Waals surface area contributed by atoms with Gasteiger partial charge in [-0.25, -0.2) is 0 Å². The Labute approximate surface area is 77.5 Å². The molecule has 1 heterocycles. The highest BCUT2D eigenvalue weighted by atomic mass is 14.9. The van der Waals surface area contributed by atoms with Gasteiger partial charge in [0.2, 0.25) is 0 Å². The average molecular weight is 170 g/mol. The van der Waals surface area contributed by atoms with Gasteiger partial charge in [0.05, 0.1) is 6.07 Å². The highest BCUT2D eigenvalue weighted by Crippen LogP contribution is 2.29. The van der Waals surface area contributed by atoms with Crippen LogP contribution >= 0.6 is 0 Å². The first kappa shape index (κ1) is 7.88. The lowest BCUT2D eigenvalue weighted by Gasteiger charge is -2.19. The molecule has 1 aromatic carbocycles. The minimum atomic E-state index is 0.921. The second-order valence-corrected chi connectivity index (χ2v) is 3.02. The van der Waals surface area contributed by atoms with E-state index in [0.29, 0.717) is 0 Å². The molecule has 0 aromatic heterocycles. The van der Waals surface area contributed by atoms with Gasteiger partial charge in [0.25, 0.3) is 0 Å². The zero-order chi connectivity index (χ0) is 9.10. The van der Waals surface area contributed by atoms with Crippen LogP contribution < -0.4 is 5.32 Å². The largest absolute Gasteiger partial charge is 0.384 e. The van der Waals surface area contributed by atoms with Crippen molar-refractivity contribution in [2.75, 3.05) is 11.9 Å². The Morgan fingerprint density at radius 1 is 1.38 bits per heavy atom. The van der Waals surface area contributed by atoms with Crippen LogP contribution in [-0.2, 0) is 0 Å². The molecule has 0 saturated carbocycles. The molecule has 1 aliphatic heterocycles. The Balaban J connectivity index is 2.50. The monoisotopic (exact) mass is 170 g/mol. The standard InChI is InChI=1S/C11H10N2/c12-7-5-9-6-8-13-11-4-2-1-3-10(9)11/h1-5,13H,6,8H2. The van der Waals surface area contributed by atoms with E-state index in [4.69, 9.17) is 5.26 Å². The third-order valence-corrected chi connectivity index (χ3v) is 2.22. The van der Waals surface area contributed by atoms with Gasteiger partial charge in [0.15, 0.2) is 0 Å². The Hall–Kier alpha value is -1.75. The van der Waals surface area contributed by atoms with Crippen molar-refractivity contribution >= 4 is 11.3 Å². The first-order chi connectivity index (χ1) is 6.42. The predicted molar refractivity (Wildman–Crippen MR) is 53.1 cm³/mol. The van der Waals surface area contributed by atoms with E-state index in [-0.39, 0.29) is 0 Å². The molecular formula is C11H10N2. The van der Waals surface area contributed by atoms with Gasteiger partial charge in [0.1, 0.15) is 0 Å². The molecule has 0 radical (unpaired) electrons. The smallest absolute Gasteiger partial charge is 0.0915 e. The number of rotatable bonds is 0. The number of allylic oxidation sites excluding steroid dienone is 1. The van der Waals surface area contributed by atoms with Crippen LogP contribution in [0.15, 0.2) is 30.3 Å². The van der Waals surface area contributed by atoms with Gasteiger partial charge in [-0.05, 0) is 18.1 Å². The fourth-order valence-corrected chi connectivity index (χ4v) is 1.61. The van der Waals surface area contributed by atoms with Crippen molar-refractivity contribution in [3.8, 4) is 6.07 Å². The van der Waals surface area contributed by atoms with Gasteiger partial charge >= 0.3 is 0 Å².